The van der Waals surface area contributed by atoms with Crippen molar-refractivity contribution < 1.29 is 9.47 Å². The lowest BCUT2D eigenvalue weighted by Gasteiger charge is -2.09. The molecule has 0 spiro atoms. The first-order valence-corrected chi connectivity index (χ1v) is 7.68. The summed E-state index contributed by atoms with van der Waals surface area (Å²) < 4.78 is 12.7. The predicted molar refractivity (Wildman–Crippen MR) is 88.5 cm³/mol. The number of nitrogens with zero attached hydrogens (tertiary/aromatic N) is 4. The lowest BCUT2D eigenvalue weighted by molar-refractivity contribution is 0.173. The van der Waals surface area contributed by atoms with E-state index in [0.717, 1.165) is 28.5 Å². The van der Waals surface area contributed by atoms with Crippen LogP contribution in [-0.2, 0) is 6.54 Å². The van der Waals surface area contributed by atoms with Crippen molar-refractivity contribution in [2.45, 2.75) is 20.4 Å². The fourth-order valence-corrected chi connectivity index (χ4v) is 2.72. The number of aryl methyl sites for hydroxylation is 2. The molecule has 1 N–H and O–H groups in total. The molecule has 0 aliphatic carbocycles. The van der Waals surface area contributed by atoms with Crippen molar-refractivity contribution in [3.63, 3.8) is 0 Å². The molecule has 0 saturated heterocycles. The number of fused-ring (bicyclic) bond motifs is 1. The van der Waals surface area contributed by atoms with Gasteiger partial charge in [-0.3, -0.25) is 4.98 Å². The Morgan fingerprint density at radius 2 is 2.12 bits per heavy atom. The lowest BCUT2D eigenvalue weighted by atomic mass is 10.2. The average molecular weight is 323 g/mol. The molecule has 122 valence electrons. The lowest BCUT2D eigenvalue weighted by Crippen LogP contribution is -2.07. The van der Waals surface area contributed by atoms with Crippen LogP contribution in [0.1, 0.15) is 17.0 Å². The highest BCUT2D eigenvalue weighted by Gasteiger charge is 2.17. The van der Waals surface area contributed by atoms with Crippen LogP contribution in [0.3, 0.4) is 0 Å². The first-order chi connectivity index (χ1) is 11.7. The van der Waals surface area contributed by atoms with Crippen LogP contribution in [0.2, 0.25) is 0 Å². The Bertz CT molecular complexity index is 890. The van der Waals surface area contributed by atoms with Crippen LogP contribution in [-0.4, -0.2) is 26.5 Å². The Kier molecular flexibility index (Phi) is 3.53. The monoisotopic (exact) mass is 323 g/mol. The number of benzene rings is 1. The maximum absolute atomic E-state index is 5.52. The Morgan fingerprint density at radius 1 is 1.21 bits per heavy atom. The Labute approximate surface area is 139 Å². The summed E-state index contributed by atoms with van der Waals surface area (Å²) in [4.78, 5) is 8.83. The van der Waals surface area contributed by atoms with Gasteiger partial charge in [-0.15, -0.1) is 0 Å². The summed E-state index contributed by atoms with van der Waals surface area (Å²) in [7, 11) is 0. The summed E-state index contributed by atoms with van der Waals surface area (Å²) in [6.45, 7) is 4.78. The van der Waals surface area contributed by atoms with Crippen molar-refractivity contribution in [1.29, 1.82) is 0 Å². The second-order valence-electron chi connectivity index (χ2n) is 5.61. The second kappa shape index (κ2) is 5.84. The predicted octanol–water partition coefficient (Wildman–Crippen LogP) is 2.62. The Hall–Kier alpha value is -3.09. The van der Waals surface area contributed by atoms with Gasteiger partial charge < -0.3 is 14.8 Å². The Balaban J connectivity index is 1.55. The van der Waals surface area contributed by atoms with E-state index in [0.29, 0.717) is 18.2 Å². The first-order valence-electron chi connectivity index (χ1n) is 7.68. The van der Waals surface area contributed by atoms with Gasteiger partial charge in [0.05, 0.1) is 18.1 Å². The molecule has 0 unspecified atom stereocenters. The fourth-order valence-electron chi connectivity index (χ4n) is 2.72. The van der Waals surface area contributed by atoms with E-state index in [2.05, 4.69) is 20.4 Å². The van der Waals surface area contributed by atoms with Crippen LogP contribution in [0, 0.1) is 13.8 Å². The molecule has 1 aliphatic rings. The standard InChI is InChI=1S/C17H17N5O2/c1-11-6-12(2)22(21-11)16-9-18-8-15(20-16)19-7-13-4-3-5-14-17(13)24-10-23-14/h3-6,8-9H,7,10H2,1-2H3,(H,19,20). The summed E-state index contributed by atoms with van der Waals surface area (Å²) >= 11 is 0. The van der Waals surface area contributed by atoms with Gasteiger partial charge in [-0.2, -0.15) is 5.10 Å². The molecule has 0 radical (unpaired) electrons. The molecule has 1 aromatic carbocycles. The normalized spacial score (nSPS) is 12.4. The zero-order valence-electron chi connectivity index (χ0n) is 13.5. The maximum atomic E-state index is 5.52. The first kappa shape index (κ1) is 14.5. The van der Waals surface area contributed by atoms with E-state index in [1.54, 1.807) is 17.1 Å². The number of rotatable bonds is 4. The molecule has 0 fully saturated rings. The van der Waals surface area contributed by atoms with E-state index in [9.17, 15) is 0 Å². The molecule has 0 saturated carbocycles. The van der Waals surface area contributed by atoms with Gasteiger partial charge in [0.25, 0.3) is 0 Å². The summed E-state index contributed by atoms with van der Waals surface area (Å²) in [6.07, 6.45) is 3.39. The number of anilines is 1. The average Bonchev–Trinajstić information content (AvgIpc) is 3.19. The zero-order valence-corrected chi connectivity index (χ0v) is 13.5. The van der Waals surface area contributed by atoms with Crippen molar-refractivity contribution in [2.75, 3.05) is 12.1 Å². The van der Waals surface area contributed by atoms with Crippen LogP contribution in [0.15, 0.2) is 36.7 Å². The molecule has 7 nitrogen and oxygen atoms in total. The molecule has 3 heterocycles. The quantitative estimate of drug-likeness (QED) is 0.795. The smallest absolute Gasteiger partial charge is 0.231 e. The van der Waals surface area contributed by atoms with Crippen molar-refractivity contribution in [3.8, 4) is 17.3 Å². The molecule has 0 amide bonds. The van der Waals surface area contributed by atoms with Gasteiger partial charge in [0.2, 0.25) is 6.79 Å². The third kappa shape index (κ3) is 2.64. The van der Waals surface area contributed by atoms with Gasteiger partial charge in [-0.1, -0.05) is 12.1 Å². The van der Waals surface area contributed by atoms with E-state index >= 15 is 0 Å². The topological polar surface area (TPSA) is 74.1 Å². The molecule has 24 heavy (non-hydrogen) atoms. The van der Waals surface area contributed by atoms with Crippen molar-refractivity contribution >= 4 is 5.82 Å². The molecule has 3 aromatic rings. The van der Waals surface area contributed by atoms with Gasteiger partial charge in [0.1, 0.15) is 5.82 Å². The number of aromatic nitrogens is 4. The van der Waals surface area contributed by atoms with Gasteiger partial charge in [-0.25, -0.2) is 9.67 Å². The molecular formula is C17H17N5O2. The molecule has 7 heteroatoms. The molecule has 1 aliphatic heterocycles. The van der Waals surface area contributed by atoms with Gasteiger partial charge in [0, 0.05) is 17.8 Å². The van der Waals surface area contributed by atoms with Crippen molar-refractivity contribution in [3.05, 3.63) is 53.6 Å². The van der Waals surface area contributed by atoms with E-state index in [1.165, 1.54) is 0 Å². The summed E-state index contributed by atoms with van der Waals surface area (Å²) in [6, 6.07) is 7.85. The molecule has 0 atom stereocenters. The van der Waals surface area contributed by atoms with Gasteiger partial charge >= 0.3 is 0 Å². The van der Waals surface area contributed by atoms with E-state index < -0.39 is 0 Å². The molecular weight excluding hydrogens is 306 g/mol. The summed E-state index contributed by atoms with van der Waals surface area (Å²) in [5.74, 6) is 2.92. The SMILES string of the molecule is Cc1cc(C)n(-c2cncc(NCc3cccc4c3OCO4)n2)n1. The largest absolute Gasteiger partial charge is 0.454 e. The zero-order chi connectivity index (χ0) is 16.5. The highest BCUT2D eigenvalue weighted by atomic mass is 16.7. The number of hydrogen-bond donors (Lipinski definition) is 1. The highest BCUT2D eigenvalue weighted by molar-refractivity contribution is 5.49. The number of ether oxygens (including phenoxy) is 2. The molecule has 0 bridgehead atoms. The fraction of sp³-hybridized carbons (Fsp3) is 0.235. The Morgan fingerprint density at radius 3 is 2.96 bits per heavy atom. The van der Waals surface area contributed by atoms with Crippen LogP contribution in [0.4, 0.5) is 5.82 Å². The maximum Gasteiger partial charge on any atom is 0.231 e. The minimum Gasteiger partial charge on any atom is -0.454 e. The van der Waals surface area contributed by atoms with Gasteiger partial charge in [0.15, 0.2) is 17.3 Å². The molecule has 2 aromatic heterocycles. The van der Waals surface area contributed by atoms with E-state index in [4.69, 9.17) is 9.47 Å². The number of para-hydroxylation sites is 1. The van der Waals surface area contributed by atoms with Crippen LogP contribution >= 0.6 is 0 Å². The minimum atomic E-state index is 0.263. The van der Waals surface area contributed by atoms with Crippen LogP contribution < -0.4 is 14.8 Å². The second-order valence-corrected chi connectivity index (χ2v) is 5.61. The number of nitrogens with one attached hydrogen (secondary N) is 1. The number of hydrogen-bond acceptors (Lipinski definition) is 6. The van der Waals surface area contributed by atoms with Crippen LogP contribution in [0.25, 0.3) is 5.82 Å². The van der Waals surface area contributed by atoms with E-state index in [1.807, 2.05) is 38.1 Å². The van der Waals surface area contributed by atoms with Crippen LogP contribution in [0.5, 0.6) is 11.5 Å². The molecule has 4 rings (SSSR count). The third-order valence-corrected chi connectivity index (χ3v) is 3.79. The highest BCUT2D eigenvalue weighted by Crippen LogP contribution is 2.35. The van der Waals surface area contributed by atoms with Gasteiger partial charge in [-0.05, 0) is 26.0 Å². The minimum absolute atomic E-state index is 0.263. The summed E-state index contributed by atoms with van der Waals surface area (Å²) in [5.41, 5.74) is 2.98. The third-order valence-electron chi connectivity index (χ3n) is 3.79. The van der Waals surface area contributed by atoms with Crippen molar-refractivity contribution in [1.82, 2.24) is 19.7 Å². The van der Waals surface area contributed by atoms with E-state index in [-0.39, 0.29) is 6.79 Å². The van der Waals surface area contributed by atoms with Crippen molar-refractivity contribution in [2.24, 2.45) is 0 Å². The summed E-state index contributed by atoms with van der Waals surface area (Å²) in [5, 5.41) is 7.71.